The molecular formula is C12H17F3N2. The molecule has 0 atom stereocenters. The van der Waals surface area contributed by atoms with Crippen molar-refractivity contribution in [2.24, 2.45) is 0 Å². The smallest absolute Gasteiger partial charge is 0.389 e. The third-order valence-corrected chi connectivity index (χ3v) is 2.46. The molecule has 0 amide bonds. The summed E-state index contributed by atoms with van der Waals surface area (Å²) in [5.41, 5.74) is 8.20. The first-order valence-electron chi connectivity index (χ1n) is 5.55. The number of hydrogen-bond donors (Lipinski definition) is 2. The fourth-order valence-corrected chi connectivity index (χ4v) is 1.50. The molecule has 0 spiro atoms. The van der Waals surface area contributed by atoms with Gasteiger partial charge in [-0.1, -0.05) is 6.07 Å². The Balaban J connectivity index is 2.29. The van der Waals surface area contributed by atoms with Gasteiger partial charge in [-0.2, -0.15) is 13.2 Å². The number of nitrogens with one attached hydrogen (secondary N) is 1. The maximum atomic E-state index is 11.9. The highest BCUT2D eigenvalue weighted by atomic mass is 19.4. The first-order valence-corrected chi connectivity index (χ1v) is 5.55. The average Bonchev–Trinajstić information content (AvgIpc) is 2.21. The predicted octanol–water partition coefficient (Wildman–Crippen LogP) is 3.72. The molecule has 1 rings (SSSR count). The van der Waals surface area contributed by atoms with Crippen LogP contribution in [0.2, 0.25) is 0 Å². The summed E-state index contributed by atoms with van der Waals surface area (Å²) < 4.78 is 35.7. The summed E-state index contributed by atoms with van der Waals surface area (Å²) in [6, 6.07) is 5.47. The molecule has 0 aliphatic rings. The fraction of sp³-hybridized carbons (Fsp3) is 0.500. The molecule has 1 aromatic carbocycles. The van der Waals surface area contributed by atoms with Gasteiger partial charge in [0.05, 0.1) is 0 Å². The number of aryl methyl sites for hydroxylation is 1. The van der Waals surface area contributed by atoms with Gasteiger partial charge in [0, 0.05) is 24.3 Å². The molecule has 17 heavy (non-hydrogen) atoms. The topological polar surface area (TPSA) is 38.0 Å². The molecule has 0 heterocycles. The van der Waals surface area contributed by atoms with Crippen molar-refractivity contribution in [3.63, 3.8) is 0 Å². The number of rotatable bonds is 5. The van der Waals surface area contributed by atoms with Crippen LogP contribution in [0.5, 0.6) is 0 Å². The highest BCUT2D eigenvalue weighted by molar-refractivity contribution is 5.59. The first-order chi connectivity index (χ1) is 7.88. The van der Waals surface area contributed by atoms with Crippen molar-refractivity contribution in [3.8, 4) is 0 Å². The second-order valence-electron chi connectivity index (χ2n) is 4.07. The molecule has 0 aliphatic heterocycles. The van der Waals surface area contributed by atoms with Gasteiger partial charge in [0.15, 0.2) is 0 Å². The van der Waals surface area contributed by atoms with E-state index in [1.54, 1.807) is 12.1 Å². The van der Waals surface area contributed by atoms with Crippen LogP contribution >= 0.6 is 0 Å². The second kappa shape index (κ2) is 5.80. The Bertz CT molecular complexity index is 361. The summed E-state index contributed by atoms with van der Waals surface area (Å²) in [6.45, 7) is 2.46. The summed E-state index contributed by atoms with van der Waals surface area (Å²) >= 11 is 0. The molecule has 5 heteroatoms. The van der Waals surface area contributed by atoms with Gasteiger partial charge in [-0.25, -0.2) is 0 Å². The van der Waals surface area contributed by atoms with Crippen LogP contribution in [0.1, 0.15) is 24.8 Å². The number of hydrogen-bond acceptors (Lipinski definition) is 2. The Morgan fingerprint density at radius 2 is 1.94 bits per heavy atom. The predicted molar refractivity (Wildman–Crippen MR) is 64.0 cm³/mol. The lowest BCUT2D eigenvalue weighted by atomic mass is 10.1. The van der Waals surface area contributed by atoms with E-state index in [0.717, 1.165) is 11.3 Å². The lowest BCUT2D eigenvalue weighted by Crippen LogP contribution is -2.09. The average molecular weight is 246 g/mol. The molecule has 0 bridgehead atoms. The van der Waals surface area contributed by atoms with Crippen molar-refractivity contribution in [2.45, 2.75) is 32.4 Å². The minimum absolute atomic E-state index is 0.151. The van der Waals surface area contributed by atoms with Crippen LogP contribution in [0.15, 0.2) is 18.2 Å². The number of unbranched alkanes of at least 4 members (excludes halogenated alkanes) is 1. The van der Waals surface area contributed by atoms with Crippen LogP contribution < -0.4 is 11.1 Å². The molecule has 0 aliphatic carbocycles. The Morgan fingerprint density at radius 1 is 1.24 bits per heavy atom. The number of nitrogen functional groups attached to an aromatic ring is 1. The van der Waals surface area contributed by atoms with E-state index in [2.05, 4.69) is 5.32 Å². The van der Waals surface area contributed by atoms with Crippen LogP contribution in [0, 0.1) is 6.92 Å². The third kappa shape index (κ3) is 5.47. The Hall–Kier alpha value is -1.39. The number of alkyl halides is 3. The summed E-state index contributed by atoms with van der Waals surface area (Å²) in [7, 11) is 0. The van der Waals surface area contributed by atoms with E-state index in [9.17, 15) is 13.2 Å². The largest absolute Gasteiger partial charge is 0.399 e. The van der Waals surface area contributed by atoms with Gasteiger partial charge in [-0.3, -0.25) is 0 Å². The normalized spacial score (nSPS) is 11.5. The molecule has 0 fully saturated rings. The Labute approximate surface area is 99.0 Å². The number of nitrogens with two attached hydrogens (primary N) is 1. The van der Waals surface area contributed by atoms with Crippen molar-refractivity contribution >= 4 is 11.4 Å². The van der Waals surface area contributed by atoms with E-state index < -0.39 is 12.6 Å². The SMILES string of the molecule is Cc1ccc(N)cc1NCCCCC(F)(F)F. The zero-order valence-electron chi connectivity index (χ0n) is 9.77. The number of benzene rings is 1. The Morgan fingerprint density at radius 3 is 2.59 bits per heavy atom. The van der Waals surface area contributed by atoms with E-state index in [-0.39, 0.29) is 6.42 Å². The van der Waals surface area contributed by atoms with E-state index in [1.807, 2.05) is 13.0 Å². The van der Waals surface area contributed by atoms with E-state index >= 15 is 0 Å². The van der Waals surface area contributed by atoms with E-state index in [4.69, 9.17) is 5.73 Å². The van der Waals surface area contributed by atoms with Gasteiger partial charge in [-0.05, 0) is 37.5 Å². The molecule has 1 aromatic rings. The minimum Gasteiger partial charge on any atom is -0.399 e. The summed E-state index contributed by atoms with van der Waals surface area (Å²) in [4.78, 5) is 0. The monoisotopic (exact) mass is 246 g/mol. The highest BCUT2D eigenvalue weighted by Gasteiger charge is 2.25. The highest BCUT2D eigenvalue weighted by Crippen LogP contribution is 2.22. The van der Waals surface area contributed by atoms with Crippen molar-refractivity contribution in [1.82, 2.24) is 0 Å². The van der Waals surface area contributed by atoms with Crippen LogP contribution in [0.25, 0.3) is 0 Å². The minimum atomic E-state index is -4.05. The van der Waals surface area contributed by atoms with E-state index in [0.29, 0.717) is 18.7 Å². The molecule has 3 N–H and O–H groups in total. The molecule has 0 aromatic heterocycles. The maximum absolute atomic E-state index is 11.9. The summed E-state index contributed by atoms with van der Waals surface area (Å²) in [6.07, 6.45) is -4.12. The number of halogens is 3. The lowest BCUT2D eigenvalue weighted by Gasteiger charge is -2.10. The molecule has 0 saturated carbocycles. The molecule has 96 valence electrons. The molecule has 0 unspecified atom stereocenters. The van der Waals surface area contributed by atoms with Gasteiger partial charge < -0.3 is 11.1 Å². The third-order valence-electron chi connectivity index (χ3n) is 2.46. The van der Waals surface area contributed by atoms with Gasteiger partial charge >= 0.3 is 6.18 Å². The molecular weight excluding hydrogens is 229 g/mol. The zero-order valence-corrected chi connectivity index (χ0v) is 9.77. The fourth-order valence-electron chi connectivity index (χ4n) is 1.50. The van der Waals surface area contributed by atoms with Gasteiger partial charge in [0.2, 0.25) is 0 Å². The molecule has 0 radical (unpaired) electrons. The van der Waals surface area contributed by atoms with Crippen molar-refractivity contribution < 1.29 is 13.2 Å². The van der Waals surface area contributed by atoms with Crippen molar-refractivity contribution in [2.75, 3.05) is 17.6 Å². The van der Waals surface area contributed by atoms with Crippen LogP contribution in [-0.4, -0.2) is 12.7 Å². The van der Waals surface area contributed by atoms with Gasteiger partial charge in [0.1, 0.15) is 0 Å². The first kappa shape index (κ1) is 13.7. The van der Waals surface area contributed by atoms with Gasteiger partial charge in [0.25, 0.3) is 0 Å². The lowest BCUT2D eigenvalue weighted by molar-refractivity contribution is -0.135. The Kier molecular flexibility index (Phi) is 4.66. The van der Waals surface area contributed by atoms with E-state index in [1.165, 1.54) is 0 Å². The van der Waals surface area contributed by atoms with Crippen LogP contribution in [-0.2, 0) is 0 Å². The second-order valence-corrected chi connectivity index (χ2v) is 4.07. The zero-order chi connectivity index (χ0) is 12.9. The van der Waals surface area contributed by atoms with Crippen LogP contribution in [0.3, 0.4) is 0 Å². The molecule has 2 nitrogen and oxygen atoms in total. The summed E-state index contributed by atoms with van der Waals surface area (Å²) in [5, 5.41) is 3.09. The summed E-state index contributed by atoms with van der Waals surface area (Å²) in [5.74, 6) is 0. The van der Waals surface area contributed by atoms with Gasteiger partial charge in [-0.15, -0.1) is 0 Å². The maximum Gasteiger partial charge on any atom is 0.389 e. The van der Waals surface area contributed by atoms with Crippen molar-refractivity contribution in [1.29, 1.82) is 0 Å². The number of anilines is 2. The standard InChI is InChI=1S/C12H17F3N2/c1-9-4-5-10(16)8-11(9)17-7-3-2-6-12(13,14)15/h4-5,8,17H,2-3,6-7,16H2,1H3. The van der Waals surface area contributed by atoms with Crippen LogP contribution in [0.4, 0.5) is 24.5 Å². The quantitative estimate of drug-likeness (QED) is 0.613. The molecule has 0 saturated heterocycles. The van der Waals surface area contributed by atoms with Crippen molar-refractivity contribution in [3.05, 3.63) is 23.8 Å².